The van der Waals surface area contributed by atoms with E-state index < -0.39 is 6.04 Å². The van der Waals surface area contributed by atoms with Crippen molar-refractivity contribution in [2.75, 3.05) is 12.9 Å². The van der Waals surface area contributed by atoms with Gasteiger partial charge in [-0.05, 0) is 37.8 Å². The number of ether oxygens (including phenoxy) is 1. The van der Waals surface area contributed by atoms with E-state index in [1.165, 1.54) is 4.90 Å². The van der Waals surface area contributed by atoms with Gasteiger partial charge >= 0.3 is 5.97 Å². The number of rotatable bonds is 4. The molecule has 1 aliphatic rings. The van der Waals surface area contributed by atoms with Crippen LogP contribution in [-0.2, 0) is 9.53 Å². The Bertz CT molecular complexity index is 542. The molecule has 0 radical (unpaired) electrons. The predicted octanol–water partition coefficient (Wildman–Crippen LogP) is 2.70. The highest BCUT2D eigenvalue weighted by Crippen LogP contribution is 2.22. The summed E-state index contributed by atoms with van der Waals surface area (Å²) < 4.78 is 5.01. The second-order valence-corrected chi connectivity index (χ2v) is 5.21. The summed E-state index contributed by atoms with van der Waals surface area (Å²) in [6.45, 7) is 2.08. The Morgan fingerprint density at radius 2 is 2.25 bits per heavy atom. The Morgan fingerprint density at radius 1 is 1.45 bits per heavy atom. The fourth-order valence-corrected chi connectivity index (χ4v) is 2.54. The molecule has 0 aromatic heterocycles. The van der Waals surface area contributed by atoms with Gasteiger partial charge in [0.1, 0.15) is 6.04 Å². The number of carbonyl (C=O) groups is 2. The average molecular weight is 291 g/mol. The van der Waals surface area contributed by atoms with Crippen molar-refractivity contribution in [3.63, 3.8) is 0 Å². The van der Waals surface area contributed by atoms with Gasteiger partial charge in [0.05, 0.1) is 6.61 Å². The van der Waals surface area contributed by atoms with E-state index in [2.05, 4.69) is 0 Å². The lowest BCUT2D eigenvalue weighted by Crippen LogP contribution is -2.39. The zero-order valence-electron chi connectivity index (χ0n) is 11.5. The molecule has 0 N–H and O–H groups in total. The van der Waals surface area contributed by atoms with Crippen LogP contribution in [0, 0.1) is 0 Å². The van der Waals surface area contributed by atoms with Crippen LogP contribution in [0.1, 0.15) is 23.7 Å². The van der Waals surface area contributed by atoms with Crippen molar-refractivity contribution in [2.24, 2.45) is 0 Å². The molecule has 4 nitrogen and oxygen atoms in total. The van der Waals surface area contributed by atoms with Crippen LogP contribution in [0.2, 0.25) is 0 Å². The summed E-state index contributed by atoms with van der Waals surface area (Å²) in [7, 11) is 0. The van der Waals surface area contributed by atoms with E-state index in [1.807, 2.05) is 30.5 Å². The molecule has 1 amide bonds. The third-order valence-electron chi connectivity index (χ3n) is 3.07. The first kappa shape index (κ1) is 14.7. The van der Waals surface area contributed by atoms with Crippen LogP contribution >= 0.6 is 11.8 Å². The smallest absolute Gasteiger partial charge is 0.329 e. The van der Waals surface area contributed by atoms with Gasteiger partial charge in [-0.3, -0.25) is 4.79 Å². The summed E-state index contributed by atoms with van der Waals surface area (Å²) in [5, 5.41) is 0. The SMILES string of the molecule is CCOC(=O)C1CC=CN1C(=O)c1cccc(SC)c1. The zero-order valence-corrected chi connectivity index (χ0v) is 12.4. The molecule has 1 aromatic rings. The van der Waals surface area contributed by atoms with E-state index in [1.54, 1.807) is 31.0 Å². The van der Waals surface area contributed by atoms with Crippen LogP contribution in [0.15, 0.2) is 41.4 Å². The first-order chi connectivity index (χ1) is 9.67. The van der Waals surface area contributed by atoms with Crippen LogP contribution in [0.4, 0.5) is 0 Å². The van der Waals surface area contributed by atoms with Gasteiger partial charge < -0.3 is 9.64 Å². The number of esters is 1. The number of thioether (sulfide) groups is 1. The summed E-state index contributed by atoms with van der Waals surface area (Å²) in [6, 6.07) is 6.85. The van der Waals surface area contributed by atoms with Crippen molar-refractivity contribution in [2.45, 2.75) is 24.3 Å². The highest BCUT2D eigenvalue weighted by molar-refractivity contribution is 7.98. The Hall–Kier alpha value is -1.75. The second-order valence-electron chi connectivity index (χ2n) is 4.33. The molecule has 106 valence electrons. The van der Waals surface area contributed by atoms with Gasteiger partial charge in [0.2, 0.25) is 0 Å². The fraction of sp³-hybridized carbons (Fsp3) is 0.333. The summed E-state index contributed by atoms with van der Waals surface area (Å²) in [6.07, 6.45) is 5.95. The average Bonchev–Trinajstić information content (AvgIpc) is 2.96. The largest absolute Gasteiger partial charge is 0.464 e. The molecule has 20 heavy (non-hydrogen) atoms. The minimum atomic E-state index is -0.541. The molecule has 0 fully saturated rings. The maximum atomic E-state index is 12.5. The minimum absolute atomic E-state index is 0.173. The van der Waals surface area contributed by atoms with E-state index in [0.29, 0.717) is 18.6 Å². The van der Waals surface area contributed by atoms with Crippen molar-refractivity contribution < 1.29 is 14.3 Å². The molecule has 0 aliphatic carbocycles. The Kier molecular flexibility index (Phi) is 4.84. The van der Waals surface area contributed by atoms with E-state index in [-0.39, 0.29) is 11.9 Å². The third-order valence-corrected chi connectivity index (χ3v) is 3.80. The molecule has 0 bridgehead atoms. The first-order valence-corrected chi connectivity index (χ1v) is 7.70. The van der Waals surface area contributed by atoms with E-state index in [4.69, 9.17) is 4.74 Å². The van der Waals surface area contributed by atoms with Crippen LogP contribution < -0.4 is 0 Å². The highest BCUT2D eigenvalue weighted by atomic mass is 32.2. The molecular weight excluding hydrogens is 274 g/mol. The fourth-order valence-electron chi connectivity index (χ4n) is 2.08. The molecule has 0 saturated carbocycles. The second kappa shape index (κ2) is 6.61. The Labute approximate surface area is 122 Å². The maximum absolute atomic E-state index is 12.5. The molecule has 5 heteroatoms. The number of benzene rings is 1. The normalized spacial score (nSPS) is 17.3. The van der Waals surface area contributed by atoms with E-state index in [0.717, 1.165) is 4.90 Å². The molecule has 0 saturated heterocycles. The van der Waals surface area contributed by atoms with Gasteiger partial charge in [-0.25, -0.2) is 4.79 Å². The van der Waals surface area contributed by atoms with Gasteiger partial charge in [-0.2, -0.15) is 0 Å². The van der Waals surface area contributed by atoms with Gasteiger partial charge in [0.25, 0.3) is 5.91 Å². The van der Waals surface area contributed by atoms with Crippen LogP contribution in [0.25, 0.3) is 0 Å². The molecule has 1 atom stereocenters. The van der Waals surface area contributed by atoms with Crippen molar-refractivity contribution in [1.29, 1.82) is 0 Å². The van der Waals surface area contributed by atoms with Gasteiger partial charge in [0.15, 0.2) is 0 Å². The number of hydrogen-bond donors (Lipinski definition) is 0. The number of hydrogen-bond acceptors (Lipinski definition) is 4. The third kappa shape index (κ3) is 3.04. The first-order valence-electron chi connectivity index (χ1n) is 6.47. The van der Waals surface area contributed by atoms with Gasteiger partial charge in [-0.15, -0.1) is 11.8 Å². The number of amides is 1. The topological polar surface area (TPSA) is 46.6 Å². The van der Waals surface area contributed by atoms with Gasteiger partial charge in [-0.1, -0.05) is 12.1 Å². The van der Waals surface area contributed by atoms with Gasteiger partial charge in [0, 0.05) is 16.7 Å². The zero-order chi connectivity index (χ0) is 14.5. The van der Waals surface area contributed by atoms with Crippen molar-refractivity contribution >= 4 is 23.6 Å². The summed E-state index contributed by atoms with van der Waals surface area (Å²) in [4.78, 5) is 26.8. The summed E-state index contributed by atoms with van der Waals surface area (Å²) >= 11 is 1.58. The van der Waals surface area contributed by atoms with Crippen molar-refractivity contribution in [3.05, 3.63) is 42.1 Å². The summed E-state index contributed by atoms with van der Waals surface area (Å²) in [5.41, 5.74) is 0.581. The lowest BCUT2D eigenvalue weighted by atomic mass is 10.1. The molecule has 2 rings (SSSR count). The quantitative estimate of drug-likeness (QED) is 0.632. The highest BCUT2D eigenvalue weighted by Gasteiger charge is 2.32. The van der Waals surface area contributed by atoms with Crippen LogP contribution in [0.5, 0.6) is 0 Å². The molecule has 0 spiro atoms. The molecule has 1 aliphatic heterocycles. The van der Waals surface area contributed by atoms with E-state index >= 15 is 0 Å². The van der Waals surface area contributed by atoms with Crippen LogP contribution in [-0.4, -0.2) is 35.7 Å². The molecular formula is C15H17NO3S. The van der Waals surface area contributed by atoms with Crippen LogP contribution in [0.3, 0.4) is 0 Å². The maximum Gasteiger partial charge on any atom is 0.329 e. The van der Waals surface area contributed by atoms with Crippen molar-refractivity contribution in [1.82, 2.24) is 4.90 Å². The lowest BCUT2D eigenvalue weighted by Gasteiger charge is -2.22. The minimum Gasteiger partial charge on any atom is -0.464 e. The molecule has 1 aromatic carbocycles. The Morgan fingerprint density at radius 3 is 2.95 bits per heavy atom. The standard InChI is InChI=1S/C15H17NO3S/c1-3-19-15(18)13-8-5-9-16(13)14(17)11-6-4-7-12(10-11)20-2/h4-7,9-10,13H,3,8H2,1-2H3. The van der Waals surface area contributed by atoms with E-state index in [9.17, 15) is 9.59 Å². The molecule has 1 unspecified atom stereocenters. The summed E-state index contributed by atoms with van der Waals surface area (Å²) in [5.74, 6) is -0.528. The molecule has 1 heterocycles. The number of carbonyl (C=O) groups excluding carboxylic acids is 2. The predicted molar refractivity (Wildman–Crippen MR) is 78.6 cm³/mol. The number of nitrogens with zero attached hydrogens (tertiary/aromatic N) is 1. The monoisotopic (exact) mass is 291 g/mol. The van der Waals surface area contributed by atoms with Crippen molar-refractivity contribution in [3.8, 4) is 0 Å². The lowest BCUT2D eigenvalue weighted by molar-refractivity contribution is -0.147. The Balaban J connectivity index is 2.18.